The summed E-state index contributed by atoms with van der Waals surface area (Å²) in [6.07, 6.45) is 1.50. The second-order valence-electron chi connectivity index (χ2n) is 5.74. The lowest BCUT2D eigenvalue weighted by Gasteiger charge is -2.31. The van der Waals surface area contributed by atoms with E-state index >= 15 is 0 Å². The van der Waals surface area contributed by atoms with Crippen LogP contribution in [0.25, 0.3) is 0 Å². The van der Waals surface area contributed by atoms with Gasteiger partial charge in [-0.1, -0.05) is 30.3 Å². The van der Waals surface area contributed by atoms with Crippen LogP contribution >= 0.6 is 0 Å². The Kier molecular flexibility index (Phi) is 4.73. The van der Waals surface area contributed by atoms with Crippen molar-refractivity contribution in [3.8, 4) is 6.07 Å². The van der Waals surface area contributed by atoms with Gasteiger partial charge in [0.25, 0.3) is 5.69 Å². The number of nitriles is 1. The highest BCUT2D eigenvalue weighted by atomic mass is 16.6. The number of nitrogens with one attached hydrogen (secondary N) is 1. The summed E-state index contributed by atoms with van der Waals surface area (Å²) in [5, 5.41) is 23.4. The number of hydrogen-bond donors (Lipinski definition) is 1. The van der Waals surface area contributed by atoms with Gasteiger partial charge in [0.05, 0.1) is 22.7 Å². The third-order valence-corrected chi connectivity index (χ3v) is 4.14. The summed E-state index contributed by atoms with van der Waals surface area (Å²) in [7, 11) is 0. The fraction of sp³-hybridized carbons (Fsp3) is 0.278. The van der Waals surface area contributed by atoms with Crippen LogP contribution in [0.5, 0.6) is 0 Å². The Balaban J connectivity index is 1.76. The minimum atomic E-state index is -0.461. The van der Waals surface area contributed by atoms with Crippen molar-refractivity contribution in [2.24, 2.45) is 0 Å². The lowest BCUT2D eigenvalue weighted by atomic mass is 9.97. The number of anilines is 1. The second kappa shape index (κ2) is 7.11. The highest BCUT2D eigenvalue weighted by Crippen LogP contribution is 2.32. The SMILES string of the molecule is N#Cc1ccc(NC2CCOC(c3ccccc3)C2)c([N+](=O)[O-])c1. The van der Waals surface area contributed by atoms with Crippen LogP contribution in [0.2, 0.25) is 0 Å². The molecule has 1 fully saturated rings. The molecule has 0 amide bonds. The lowest BCUT2D eigenvalue weighted by molar-refractivity contribution is -0.384. The van der Waals surface area contributed by atoms with Gasteiger partial charge in [-0.3, -0.25) is 10.1 Å². The predicted molar refractivity (Wildman–Crippen MR) is 89.6 cm³/mol. The van der Waals surface area contributed by atoms with Gasteiger partial charge >= 0.3 is 0 Å². The zero-order valence-corrected chi connectivity index (χ0v) is 13.0. The summed E-state index contributed by atoms with van der Waals surface area (Å²) in [4.78, 5) is 10.8. The minimum Gasteiger partial charge on any atom is -0.377 e. The standard InChI is InChI=1S/C18H17N3O3/c19-12-13-6-7-16(17(10-13)21(22)23)20-15-8-9-24-18(11-15)14-4-2-1-3-5-14/h1-7,10,15,18,20H,8-9,11H2. The van der Waals surface area contributed by atoms with Crippen molar-refractivity contribution >= 4 is 11.4 Å². The molecule has 2 atom stereocenters. The van der Waals surface area contributed by atoms with Crippen molar-refractivity contribution in [3.05, 3.63) is 69.8 Å². The first-order chi connectivity index (χ1) is 11.7. The van der Waals surface area contributed by atoms with Gasteiger partial charge in [-0.05, 0) is 30.5 Å². The van der Waals surface area contributed by atoms with E-state index in [2.05, 4.69) is 5.32 Å². The van der Waals surface area contributed by atoms with Crippen LogP contribution in [-0.4, -0.2) is 17.6 Å². The van der Waals surface area contributed by atoms with Crippen molar-refractivity contribution in [1.82, 2.24) is 0 Å². The van der Waals surface area contributed by atoms with Crippen LogP contribution < -0.4 is 5.32 Å². The van der Waals surface area contributed by atoms with E-state index in [0.717, 1.165) is 18.4 Å². The van der Waals surface area contributed by atoms with Crippen molar-refractivity contribution in [2.75, 3.05) is 11.9 Å². The summed E-state index contributed by atoms with van der Waals surface area (Å²) in [5.41, 5.74) is 1.76. The van der Waals surface area contributed by atoms with Crippen LogP contribution in [0.15, 0.2) is 48.5 Å². The van der Waals surface area contributed by atoms with E-state index in [1.165, 1.54) is 6.07 Å². The Morgan fingerprint density at radius 3 is 2.75 bits per heavy atom. The zero-order valence-electron chi connectivity index (χ0n) is 13.0. The first-order valence-electron chi connectivity index (χ1n) is 7.79. The van der Waals surface area contributed by atoms with Gasteiger partial charge in [-0.2, -0.15) is 5.26 Å². The van der Waals surface area contributed by atoms with Crippen LogP contribution in [0.1, 0.15) is 30.1 Å². The molecule has 1 N–H and O–H groups in total. The van der Waals surface area contributed by atoms with Crippen molar-refractivity contribution < 1.29 is 9.66 Å². The van der Waals surface area contributed by atoms with E-state index in [9.17, 15) is 10.1 Å². The molecule has 6 nitrogen and oxygen atoms in total. The number of nitro groups is 1. The molecule has 0 saturated carbocycles. The molecule has 0 radical (unpaired) electrons. The molecule has 2 unspecified atom stereocenters. The van der Waals surface area contributed by atoms with E-state index in [-0.39, 0.29) is 23.4 Å². The largest absolute Gasteiger partial charge is 0.377 e. The number of benzene rings is 2. The van der Waals surface area contributed by atoms with Gasteiger partial charge in [0.15, 0.2) is 0 Å². The highest BCUT2D eigenvalue weighted by Gasteiger charge is 2.25. The van der Waals surface area contributed by atoms with E-state index in [1.807, 2.05) is 36.4 Å². The Labute approximate surface area is 139 Å². The summed E-state index contributed by atoms with van der Waals surface area (Å²) in [5.74, 6) is 0. The molecule has 0 aromatic heterocycles. The van der Waals surface area contributed by atoms with Gasteiger partial charge in [-0.15, -0.1) is 0 Å². The molecule has 1 heterocycles. The van der Waals surface area contributed by atoms with E-state index in [4.69, 9.17) is 10.00 Å². The molecule has 1 aliphatic heterocycles. The maximum Gasteiger partial charge on any atom is 0.293 e. The normalized spacial score (nSPS) is 20.1. The number of hydrogen-bond acceptors (Lipinski definition) is 5. The smallest absolute Gasteiger partial charge is 0.293 e. The summed E-state index contributed by atoms with van der Waals surface area (Å²) in [6.45, 7) is 0.599. The van der Waals surface area contributed by atoms with Crippen LogP contribution in [0.3, 0.4) is 0 Å². The molecule has 122 valence electrons. The maximum atomic E-state index is 11.2. The molecule has 6 heteroatoms. The molecule has 3 rings (SSSR count). The maximum absolute atomic E-state index is 11.2. The van der Waals surface area contributed by atoms with Gasteiger partial charge < -0.3 is 10.1 Å². The average Bonchev–Trinajstić information content (AvgIpc) is 2.63. The fourth-order valence-corrected chi connectivity index (χ4v) is 2.92. The van der Waals surface area contributed by atoms with E-state index in [1.54, 1.807) is 12.1 Å². The fourth-order valence-electron chi connectivity index (χ4n) is 2.92. The molecular formula is C18H17N3O3. The first kappa shape index (κ1) is 16.0. The number of rotatable bonds is 4. The van der Waals surface area contributed by atoms with Crippen molar-refractivity contribution in [2.45, 2.75) is 25.0 Å². The van der Waals surface area contributed by atoms with Gasteiger partial charge in [0, 0.05) is 18.7 Å². The zero-order chi connectivity index (χ0) is 16.9. The first-order valence-corrected chi connectivity index (χ1v) is 7.79. The molecular weight excluding hydrogens is 306 g/mol. The minimum absolute atomic E-state index is 0.0186. The van der Waals surface area contributed by atoms with Gasteiger partial charge in [-0.25, -0.2) is 0 Å². The van der Waals surface area contributed by atoms with Gasteiger partial charge in [0.2, 0.25) is 0 Å². The third-order valence-electron chi connectivity index (χ3n) is 4.14. The quantitative estimate of drug-likeness (QED) is 0.683. The van der Waals surface area contributed by atoms with Gasteiger partial charge in [0.1, 0.15) is 5.69 Å². The summed E-state index contributed by atoms with van der Waals surface area (Å²) >= 11 is 0. The van der Waals surface area contributed by atoms with Crippen LogP contribution in [0, 0.1) is 21.4 Å². The third kappa shape index (κ3) is 3.53. The molecule has 24 heavy (non-hydrogen) atoms. The Hall–Kier alpha value is -2.91. The van der Waals surface area contributed by atoms with E-state index in [0.29, 0.717) is 12.3 Å². The Morgan fingerprint density at radius 1 is 1.25 bits per heavy atom. The molecule has 0 spiro atoms. The Morgan fingerprint density at radius 2 is 2.04 bits per heavy atom. The second-order valence-corrected chi connectivity index (χ2v) is 5.74. The number of nitro benzene ring substituents is 1. The number of nitrogens with zero attached hydrogens (tertiary/aromatic N) is 2. The van der Waals surface area contributed by atoms with E-state index < -0.39 is 4.92 Å². The summed E-state index contributed by atoms with van der Waals surface area (Å²) < 4.78 is 5.83. The summed E-state index contributed by atoms with van der Waals surface area (Å²) in [6, 6.07) is 16.5. The molecule has 1 aliphatic rings. The van der Waals surface area contributed by atoms with Crippen LogP contribution in [-0.2, 0) is 4.74 Å². The average molecular weight is 323 g/mol. The molecule has 1 saturated heterocycles. The molecule has 2 aromatic carbocycles. The van der Waals surface area contributed by atoms with Crippen molar-refractivity contribution in [1.29, 1.82) is 5.26 Å². The van der Waals surface area contributed by atoms with Crippen LogP contribution in [0.4, 0.5) is 11.4 Å². The van der Waals surface area contributed by atoms with Crippen molar-refractivity contribution in [3.63, 3.8) is 0 Å². The molecule has 0 bridgehead atoms. The highest BCUT2D eigenvalue weighted by molar-refractivity contribution is 5.64. The molecule has 2 aromatic rings. The number of ether oxygens (including phenoxy) is 1. The lowest BCUT2D eigenvalue weighted by Crippen LogP contribution is -2.30. The molecule has 0 aliphatic carbocycles. The predicted octanol–water partition coefficient (Wildman–Crippen LogP) is 3.80. The topological polar surface area (TPSA) is 88.2 Å². The Bertz CT molecular complexity index is 771. The monoisotopic (exact) mass is 323 g/mol.